The predicted octanol–water partition coefficient (Wildman–Crippen LogP) is 15.3. The quantitative estimate of drug-likeness (QED) is 0.0316. The number of nitrogens with zero attached hydrogens (tertiary/aromatic N) is 3. The highest BCUT2D eigenvalue weighted by Crippen LogP contribution is 2.33. The van der Waals surface area contributed by atoms with Gasteiger partial charge < -0.3 is 20.2 Å². The first kappa shape index (κ1) is 63.8. The third kappa shape index (κ3) is 28.0. The maximum Gasteiger partial charge on any atom is 0.244 e. The van der Waals surface area contributed by atoms with E-state index in [0.717, 1.165) is 99.2 Å². The van der Waals surface area contributed by atoms with Gasteiger partial charge in [0.15, 0.2) is 5.78 Å². The van der Waals surface area contributed by atoms with Crippen LogP contribution in [0.25, 0.3) is 12.2 Å². The molecule has 6 rings (SSSR count). The van der Waals surface area contributed by atoms with Crippen LogP contribution in [0.3, 0.4) is 0 Å². The van der Waals surface area contributed by atoms with Crippen molar-refractivity contribution in [2.45, 2.75) is 161 Å². The molecule has 8 nitrogen and oxygen atoms in total. The molecule has 5 aromatic rings. The van der Waals surface area contributed by atoms with E-state index in [1.54, 1.807) is 53.6 Å². The maximum absolute atomic E-state index is 12.2. The summed E-state index contributed by atoms with van der Waals surface area (Å²) in [5.74, 6) is 1.47. The van der Waals surface area contributed by atoms with E-state index in [-0.39, 0.29) is 29.3 Å². The number of carbonyl (C=O) groups is 3. The molecule has 1 aliphatic carbocycles. The molecule has 76 heavy (non-hydrogen) atoms. The Morgan fingerprint density at radius 3 is 1.84 bits per heavy atom. The van der Waals surface area contributed by atoms with E-state index in [1.807, 2.05) is 36.4 Å². The lowest BCUT2D eigenvalue weighted by atomic mass is 9.93. The van der Waals surface area contributed by atoms with Crippen molar-refractivity contribution in [3.63, 3.8) is 0 Å². The minimum atomic E-state index is -0.285. The Morgan fingerprint density at radius 1 is 0.658 bits per heavy atom. The van der Waals surface area contributed by atoms with Crippen molar-refractivity contribution < 1.29 is 19.5 Å². The second-order valence-corrected chi connectivity index (χ2v) is 24.8. The van der Waals surface area contributed by atoms with Gasteiger partial charge in [-0.1, -0.05) is 141 Å². The molecule has 4 aromatic carbocycles. The molecule has 1 saturated carbocycles. The molecule has 1 aromatic heterocycles. The summed E-state index contributed by atoms with van der Waals surface area (Å²) in [7, 11) is 8.36. The number of benzene rings is 4. The first-order chi connectivity index (χ1) is 36.4. The fourth-order valence-electron chi connectivity index (χ4n) is 8.13. The molecule has 2 atom stereocenters. The molecule has 11 heteroatoms. The average Bonchev–Trinajstić information content (AvgIpc) is 3.38. The number of hydrogen-bond acceptors (Lipinski definition) is 10. The smallest absolute Gasteiger partial charge is 0.244 e. The molecule has 0 aliphatic heterocycles. The molecule has 2 unspecified atom stereocenters. The van der Waals surface area contributed by atoms with Gasteiger partial charge in [0.1, 0.15) is 10.8 Å². The highest BCUT2D eigenvalue weighted by Gasteiger charge is 2.21. The van der Waals surface area contributed by atoms with Crippen LogP contribution in [0.1, 0.15) is 132 Å². The van der Waals surface area contributed by atoms with Gasteiger partial charge in [0, 0.05) is 68.5 Å². The standard InChI is InChI=1S/C23H31NOS.C23H29NOS.C19H28N2O2S/c2*1-19-12-16-22(17-13-19)26-23-11-7-6-9-20(23)14-15-21(25)10-5-4-8-18-24(2)3;1-19(2,3)13-24-18-14(6-5-11-20-18)9-10-17(23)21-15-7-4-8-16(22)12-15/h6-7,9,11-13,16-17H,4-5,8,10,14-15,18H2,1-3H3;6-7,9,11-17H,4-5,8,10,18H2,1-3H3;5-6,9-11,15-16,22H,4,7-8,12-13H2,1-3H3,(H,21,23)/b;15-14-;10-9+. The molecule has 0 spiro atoms. The summed E-state index contributed by atoms with van der Waals surface area (Å²) < 4.78 is 0. The summed E-state index contributed by atoms with van der Waals surface area (Å²) in [5.41, 5.74) is 6.10. The van der Waals surface area contributed by atoms with Gasteiger partial charge in [0.25, 0.3) is 0 Å². The summed E-state index contributed by atoms with van der Waals surface area (Å²) >= 11 is 5.23. The summed E-state index contributed by atoms with van der Waals surface area (Å²) in [6, 6.07) is 37.8. The molecule has 1 heterocycles. The van der Waals surface area contributed by atoms with Crippen molar-refractivity contribution in [3.05, 3.63) is 155 Å². The SMILES string of the molecule is CC(C)(C)CSc1ncccc1/C=C/C(=O)NC1CCCC(O)C1.Cc1ccc(Sc2ccccc2/C=C\C(=O)CCCCCN(C)C)cc1.Cc1ccc(Sc2ccccc2CCC(=O)CCCCCN(C)C)cc1. The van der Waals surface area contributed by atoms with Crippen LogP contribution in [-0.2, 0) is 20.8 Å². The van der Waals surface area contributed by atoms with Gasteiger partial charge in [0.2, 0.25) is 5.91 Å². The number of Topliss-reactive ketones (excluding diaryl/α,β-unsaturated/α-hetero) is 1. The number of nitrogens with one attached hydrogen (secondary N) is 1. The van der Waals surface area contributed by atoms with Crippen molar-refractivity contribution in [2.24, 2.45) is 5.41 Å². The van der Waals surface area contributed by atoms with Crippen LogP contribution in [0.5, 0.6) is 0 Å². The largest absolute Gasteiger partial charge is 0.393 e. The molecule has 0 bridgehead atoms. The number of aliphatic hydroxyl groups is 1. The van der Waals surface area contributed by atoms with Crippen LogP contribution in [0, 0.1) is 19.3 Å². The normalized spacial score (nSPS) is 14.6. The zero-order valence-corrected chi connectivity index (χ0v) is 49.6. The number of ketones is 2. The van der Waals surface area contributed by atoms with E-state index in [0.29, 0.717) is 25.0 Å². The molecule has 410 valence electrons. The van der Waals surface area contributed by atoms with E-state index in [1.165, 1.54) is 42.7 Å². The summed E-state index contributed by atoms with van der Waals surface area (Å²) in [6.07, 6.45) is 21.4. The minimum Gasteiger partial charge on any atom is -0.393 e. The van der Waals surface area contributed by atoms with Crippen molar-refractivity contribution in [3.8, 4) is 0 Å². The lowest BCUT2D eigenvalue weighted by Gasteiger charge is -2.26. The Hall–Kier alpha value is -4.75. The van der Waals surface area contributed by atoms with Gasteiger partial charge in [0.05, 0.1) is 6.10 Å². The zero-order chi connectivity index (χ0) is 55.1. The van der Waals surface area contributed by atoms with Crippen LogP contribution in [0.15, 0.2) is 152 Å². The average molecular weight is 1090 g/mol. The van der Waals surface area contributed by atoms with Crippen molar-refractivity contribution >= 4 is 64.9 Å². The van der Waals surface area contributed by atoms with E-state index >= 15 is 0 Å². The Balaban J connectivity index is 0.000000247. The number of amides is 1. The lowest BCUT2D eigenvalue weighted by Crippen LogP contribution is -2.38. The molecule has 1 amide bonds. The third-order valence-corrected chi connectivity index (χ3v) is 16.3. The number of aromatic nitrogens is 1. The number of carbonyl (C=O) groups excluding carboxylic acids is 3. The number of hydrogen-bond donors (Lipinski definition) is 2. The van der Waals surface area contributed by atoms with Gasteiger partial charge in [-0.15, -0.1) is 11.8 Å². The number of aliphatic hydroxyl groups excluding tert-OH is 1. The van der Waals surface area contributed by atoms with E-state index in [2.05, 4.69) is 168 Å². The van der Waals surface area contributed by atoms with E-state index in [4.69, 9.17) is 0 Å². The number of rotatable bonds is 26. The molecular weight excluding hydrogens is 997 g/mol. The number of pyridine rings is 1. The summed E-state index contributed by atoms with van der Waals surface area (Å²) in [5, 5.41) is 13.6. The van der Waals surface area contributed by atoms with Crippen LogP contribution in [0.2, 0.25) is 0 Å². The van der Waals surface area contributed by atoms with Crippen LogP contribution in [-0.4, -0.2) is 96.5 Å². The monoisotopic (exact) mass is 1080 g/mol. The molecule has 1 aliphatic rings. The van der Waals surface area contributed by atoms with Gasteiger partial charge in [-0.05, 0) is 184 Å². The van der Waals surface area contributed by atoms with Crippen molar-refractivity contribution in [1.29, 1.82) is 0 Å². The molecule has 0 saturated heterocycles. The number of aryl methyl sites for hydroxylation is 3. The second kappa shape index (κ2) is 35.6. The Morgan fingerprint density at radius 2 is 1.22 bits per heavy atom. The van der Waals surface area contributed by atoms with Gasteiger partial charge in [-0.2, -0.15) is 0 Å². The zero-order valence-electron chi connectivity index (χ0n) is 47.2. The first-order valence-corrected chi connectivity index (χ1v) is 30.0. The van der Waals surface area contributed by atoms with Crippen molar-refractivity contribution in [2.75, 3.05) is 47.0 Å². The Kier molecular flexibility index (Phi) is 29.9. The summed E-state index contributed by atoms with van der Waals surface area (Å²) in [6.45, 7) is 13.0. The highest BCUT2D eigenvalue weighted by atomic mass is 32.2. The fraction of sp³-hybridized carbons (Fsp3) is 0.446. The van der Waals surface area contributed by atoms with E-state index < -0.39 is 0 Å². The second-order valence-electron chi connectivity index (χ2n) is 21.6. The van der Waals surface area contributed by atoms with Crippen molar-refractivity contribution in [1.82, 2.24) is 20.1 Å². The Bertz CT molecular complexity index is 2540. The van der Waals surface area contributed by atoms with Crippen LogP contribution in [0.4, 0.5) is 0 Å². The molecule has 1 fully saturated rings. The molecular formula is C65H88N4O4S3. The number of allylic oxidation sites excluding steroid dienone is 1. The van der Waals surface area contributed by atoms with Gasteiger partial charge >= 0.3 is 0 Å². The highest BCUT2D eigenvalue weighted by molar-refractivity contribution is 7.99. The number of thioether (sulfide) groups is 1. The first-order valence-electron chi connectivity index (χ1n) is 27.3. The minimum absolute atomic E-state index is 0.0783. The number of unbranched alkanes of at least 4 members (excludes halogenated alkanes) is 4. The van der Waals surface area contributed by atoms with Gasteiger partial charge in [-0.3, -0.25) is 14.4 Å². The predicted molar refractivity (Wildman–Crippen MR) is 325 cm³/mol. The van der Waals surface area contributed by atoms with Crippen LogP contribution >= 0.6 is 35.3 Å². The fourth-order valence-corrected chi connectivity index (χ4v) is 11.0. The van der Waals surface area contributed by atoms with Crippen LogP contribution < -0.4 is 5.32 Å². The molecule has 2 N–H and O–H groups in total. The van der Waals surface area contributed by atoms with Gasteiger partial charge in [-0.25, -0.2) is 4.98 Å². The Labute approximate surface area is 470 Å². The third-order valence-electron chi connectivity index (χ3n) is 12.5. The maximum atomic E-state index is 12.2. The molecule has 0 radical (unpaired) electrons. The topological polar surface area (TPSA) is 103 Å². The van der Waals surface area contributed by atoms with E-state index in [9.17, 15) is 19.5 Å². The lowest BCUT2D eigenvalue weighted by molar-refractivity contribution is -0.119. The summed E-state index contributed by atoms with van der Waals surface area (Å²) in [4.78, 5) is 50.1.